The number of quaternary nitrogens is 1. The van der Waals surface area contributed by atoms with E-state index >= 15 is 0 Å². The van der Waals surface area contributed by atoms with Crippen molar-refractivity contribution in [3.8, 4) is 0 Å². The first-order valence-electron chi connectivity index (χ1n) is 44.3. The molecule has 0 bridgehead atoms. The van der Waals surface area contributed by atoms with Crippen molar-refractivity contribution in [3.05, 3.63) is 85.1 Å². The van der Waals surface area contributed by atoms with Gasteiger partial charge in [0.1, 0.15) is 19.8 Å². The Hall–Kier alpha value is -2.81. The van der Waals surface area contributed by atoms with Crippen LogP contribution in [-0.2, 0) is 32.7 Å². The van der Waals surface area contributed by atoms with Crippen LogP contribution in [0.5, 0.6) is 0 Å². The highest BCUT2D eigenvalue weighted by Crippen LogP contribution is 2.38. The van der Waals surface area contributed by atoms with E-state index in [-0.39, 0.29) is 32.0 Å². The highest BCUT2D eigenvalue weighted by atomic mass is 31.2. The lowest BCUT2D eigenvalue weighted by atomic mass is 10.0. The summed E-state index contributed by atoms with van der Waals surface area (Å²) >= 11 is 0. The van der Waals surface area contributed by atoms with Gasteiger partial charge in [0.15, 0.2) is 6.10 Å². The highest BCUT2D eigenvalue weighted by molar-refractivity contribution is 7.45. The van der Waals surface area contributed by atoms with Crippen LogP contribution < -0.4 is 4.89 Å². The number of nitrogens with zero attached hydrogens (tertiary/aromatic N) is 1. The van der Waals surface area contributed by atoms with E-state index in [1.165, 1.54) is 321 Å². The van der Waals surface area contributed by atoms with Crippen LogP contribution in [0.1, 0.15) is 438 Å². The fraction of sp³-hybridized carbons (Fsp3) is 0.826. The second-order valence-electron chi connectivity index (χ2n) is 31.2. The Kier molecular flexibility index (Phi) is 80.0. The largest absolute Gasteiger partial charge is 0.756 e. The number of carbonyl (C=O) groups excluding carboxylic acids is 2. The van der Waals surface area contributed by atoms with Gasteiger partial charge in [-0.15, -0.1) is 0 Å². The van der Waals surface area contributed by atoms with Crippen molar-refractivity contribution in [1.29, 1.82) is 0 Å². The van der Waals surface area contributed by atoms with E-state index in [2.05, 4.69) is 98.9 Å². The first-order valence-corrected chi connectivity index (χ1v) is 45.8. The standard InChI is InChI=1S/C92H170NO8P/c1-6-8-10-12-14-16-18-20-22-24-26-28-30-32-34-36-38-40-42-44-45-46-47-49-50-52-54-56-58-60-62-64-66-68-70-72-74-76-78-80-82-84-91(94)98-88-90(89-100-102(96,97)99-87-86-93(3,4)5)101-92(95)85-83-81-79-77-75-73-71-69-67-65-63-61-59-57-55-53-51-48-43-41-39-37-35-33-31-29-27-25-23-21-19-17-15-13-11-9-7-2/h9,11,15,17,21,23,27,29,33,35,39,41,48,51,90H,6-8,10,12-14,16,18-20,22,24-26,28,30-32,34,36-38,40,42-47,49-50,52-89H2,1-5H3/b11-9-,17-15-,23-21-,29-27-,35-33-,41-39-,51-48-. The number of ether oxygens (including phenoxy) is 2. The summed E-state index contributed by atoms with van der Waals surface area (Å²) in [4.78, 5) is 38.3. The van der Waals surface area contributed by atoms with Crippen LogP contribution in [0.4, 0.5) is 0 Å². The second kappa shape index (κ2) is 82.3. The summed E-state index contributed by atoms with van der Waals surface area (Å²) in [6.45, 7) is 4.20. The third kappa shape index (κ3) is 86.1. The summed E-state index contributed by atoms with van der Waals surface area (Å²) in [5.74, 6) is -0.814. The summed E-state index contributed by atoms with van der Waals surface area (Å²) in [5, 5.41) is 0. The van der Waals surface area contributed by atoms with Crippen molar-refractivity contribution < 1.29 is 42.1 Å². The van der Waals surface area contributed by atoms with Crippen molar-refractivity contribution in [2.24, 2.45) is 0 Å². The lowest BCUT2D eigenvalue weighted by Crippen LogP contribution is -2.37. The van der Waals surface area contributed by atoms with E-state index in [0.717, 1.165) is 83.5 Å². The molecule has 0 aliphatic rings. The van der Waals surface area contributed by atoms with Crippen LogP contribution in [0.3, 0.4) is 0 Å². The first-order chi connectivity index (χ1) is 50.0. The Balaban J connectivity index is 3.88. The predicted octanol–water partition coefficient (Wildman–Crippen LogP) is 29.3. The lowest BCUT2D eigenvalue weighted by molar-refractivity contribution is -0.870. The minimum Gasteiger partial charge on any atom is -0.756 e. The van der Waals surface area contributed by atoms with Crippen molar-refractivity contribution >= 4 is 19.8 Å². The molecule has 0 aromatic carbocycles. The maximum absolute atomic E-state index is 12.9. The Labute approximate surface area is 634 Å². The monoisotopic (exact) mass is 1450 g/mol. The fourth-order valence-corrected chi connectivity index (χ4v) is 14.0. The van der Waals surface area contributed by atoms with E-state index in [0.29, 0.717) is 17.4 Å². The van der Waals surface area contributed by atoms with Gasteiger partial charge in [-0.3, -0.25) is 14.2 Å². The lowest BCUT2D eigenvalue weighted by Gasteiger charge is -2.28. The van der Waals surface area contributed by atoms with Gasteiger partial charge in [0.05, 0.1) is 27.7 Å². The molecule has 0 saturated heterocycles. The van der Waals surface area contributed by atoms with E-state index in [1.807, 2.05) is 21.1 Å². The van der Waals surface area contributed by atoms with Crippen LogP contribution in [-0.4, -0.2) is 70.0 Å². The summed E-state index contributed by atoms with van der Waals surface area (Å²) in [6.07, 6.45) is 115. The molecule has 0 heterocycles. The maximum Gasteiger partial charge on any atom is 0.306 e. The Bertz CT molecular complexity index is 2000. The zero-order valence-corrected chi connectivity index (χ0v) is 69.2. The first kappa shape index (κ1) is 99.2. The Morgan fingerprint density at radius 2 is 0.559 bits per heavy atom. The molecule has 596 valence electrons. The predicted molar refractivity (Wildman–Crippen MR) is 443 cm³/mol. The van der Waals surface area contributed by atoms with Crippen molar-refractivity contribution in [1.82, 2.24) is 0 Å². The summed E-state index contributed by atoms with van der Waals surface area (Å²) < 4.78 is 34.5. The molecule has 0 aliphatic heterocycles. The number of carbonyl (C=O) groups is 2. The molecule has 0 aromatic rings. The van der Waals surface area contributed by atoms with Gasteiger partial charge in [-0.25, -0.2) is 0 Å². The molecule has 102 heavy (non-hydrogen) atoms. The zero-order chi connectivity index (χ0) is 74.0. The van der Waals surface area contributed by atoms with Crippen LogP contribution in [0.15, 0.2) is 85.1 Å². The molecule has 0 N–H and O–H groups in total. The van der Waals surface area contributed by atoms with Gasteiger partial charge in [-0.05, 0) is 70.6 Å². The van der Waals surface area contributed by atoms with E-state index in [1.54, 1.807) is 0 Å². The number of likely N-dealkylation sites (N-methyl/N-ethyl adjacent to an activating group) is 1. The van der Waals surface area contributed by atoms with Gasteiger partial charge >= 0.3 is 11.9 Å². The Morgan fingerprint density at radius 3 is 0.833 bits per heavy atom. The molecule has 10 heteroatoms. The normalized spacial score (nSPS) is 13.4. The van der Waals surface area contributed by atoms with Gasteiger partial charge < -0.3 is 27.9 Å². The molecule has 9 nitrogen and oxygen atoms in total. The molecule has 0 saturated carbocycles. The minimum atomic E-state index is -4.65. The van der Waals surface area contributed by atoms with Crippen molar-refractivity contribution in [3.63, 3.8) is 0 Å². The zero-order valence-electron chi connectivity index (χ0n) is 68.3. The third-order valence-corrected chi connectivity index (χ3v) is 20.9. The topological polar surface area (TPSA) is 111 Å². The number of hydrogen-bond acceptors (Lipinski definition) is 8. The number of hydrogen-bond donors (Lipinski definition) is 0. The average molecular weight is 1450 g/mol. The molecule has 0 spiro atoms. The summed E-state index contributed by atoms with van der Waals surface area (Å²) in [6, 6.07) is 0. The smallest absolute Gasteiger partial charge is 0.306 e. The highest BCUT2D eigenvalue weighted by Gasteiger charge is 2.22. The van der Waals surface area contributed by atoms with Crippen LogP contribution >= 0.6 is 7.82 Å². The van der Waals surface area contributed by atoms with Gasteiger partial charge in [-0.1, -0.05) is 439 Å². The maximum atomic E-state index is 12.9. The van der Waals surface area contributed by atoms with Gasteiger partial charge in [0.2, 0.25) is 0 Å². The van der Waals surface area contributed by atoms with Crippen LogP contribution in [0.25, 0.3) is 0 Å². The minimum absolute atomic E-state index is 0.0306. The molecule has 0 rings (SSSR count). The number of unbranched alkanes of at least 4 members (excludes halogenated alkanes) is 55. The molecule has 0 radical (unpaired) electrons. The Morgan fingerprint density at radius 1 is 0.314 bits per heavy atom. The SMILES string of the molecule is CC/C=C\C/C=C\C/C=C\C/C=C\C/C=C\C/C=C\C/C=C\CCCCCCCCCCCCCCCCCC(=O)OC(COC(=O)CCCCCCCCCCCCCCCCCCCCCCCCCCCCCCCCCCCCCCCCCCC)COP(=O)([O-])OCC[N+](C)(C)C. The van der Waals surface area contributed by atoms with Gasteiger partial charge in [-0.2, -0.15) is 0 Å². The summed E-state index contributed by atoms with van der Waals surface area (Å²) in [7, 11) is 1.18. The molecular weight excluding hydrogens is 1280 g/mol. The van der Waals surface area contributed by atoms with E-state index < -0.39 is 26.5 Å². The quantitative estimate of drug-likeness (QED) is 0.0195. The molecule has 2 unspecified atom stereocenters. The molecule has 0 aliphatic carbocycles. The molecule has 0 fully saturated rings. The van der Waals surface area contributed by atoms with Gasteiger partial charge in [0.25, 0.3) is 7.82 Å². The number of esters is 2. The van der Waals surface area contributed by atoms with E-state index in [4.69, 9.17) is 18.5 Å². The van der Waals surface area contributed by atoms with Crippen LogP contribution in [0.2, 0.25) is 0 Å². The summed E-state index contributed by atoms with van der Waals surface area (Å²) in [5.41, 5.74) is 0. The number of allylic oxidation sites excluding steroid dienone is 14. The number of phosphoric ester groups is 1. The number of rotatable bonds is 83. The molecular formula is C92H170NO8P. The van der Waals surface area contributed by atoms with Crippen molar-refractivity contribution in [2.75, 3.05) is 47.5 Å². The third-order valence-electron chi connectivity index (χ3n) is 19.9. The van der Waals surface area contributed by atoms with Crippen molar-refractivity contribution in [2.45, 2.75) is 444 Å². The fourth-order valence-electron chi connectivity index (χ4n) is 13.2. The van der Waals surface area contributed by atoms with Crippen LogP contribution in [0, 0.1) is 0 Å². The molecule has 0 amide bonds. The molecule has 0 aromatic heterocycles. The van der Waals surface area contributed by atoms with E-state index in [9.17, 15) is 19.0 Å². The van der Waals surface area contributed by atoms with Gasteiger partial charge in [0, 0.05) is 12.8 Å². The number of phosphoric acid groups is 1. The second-order valence-corrected chi connectivity index (χ2v) is 32.7. The average Bonchev–Trinajstić information content (AvgIpc) is 0.913. The molecule has 2 atom stereocenters.